The van der Waals surface area contributed by atoms with E-state index in [9.17, 15) is 4.79 Å². The van der Waals surface area contributed by atoms with Crippen molar-refractivity contribution in [1.29, 1.82) is 0 Å². The number of carbonyl (C=O) groups is 1. The molecule has 4 heteroatoms. The van der Waals surface area contributed by atoms with Gasteiger partial charge in [-0.05, 0) is 31.4 Å². The van der Waals surface area contributed by atoms with E-state index in [-0.39, 0.29) is 12.1 Å². The molecule has 0 saturated carbocycles. The zero-order valence-corrected chi connectivity index (χ0v) is 9.40. The summed E-state index contributed by atoms with van der Waals surface area (Å²) < 4.78 is 0. The predicted octanol–water partition coefficient (Wildman–Crippen LogP) is 1.48. The number of amides is 1. The van der Waals surface area contributed by atoms with Crippen LogP contribution in [0.5, 0.6) is 0 Å². The van der Waals surface area contributed by atoms with Crippen LogP contribution in [0.3, 0.4) is 0 Å². The Balaban J connectivity index is 2.08. The Morgan fingerprint density at radius 1 is 1.60 bits per heavy atom. The Morgan fingerprint density at radius 3 is 2.87 bits per heavy atom. The summed E-state index contributed by atoms with van der Waals surface area (Å²) in [6, 6.07) is 0. The van der Waals surface area contributed by atoms with E-state index in [1.54, 1.807) is 17.9 Å². The van der Waals surface area contributed by atoms with Crippen LogP contribution >= 0.6 is 0 Å². The van der Waals surface area contributed by atoms with Crippen molar-refractivity contribution in [3.63, 3.8) is 0 Å². The van der Waals surface area contributed by atoms with Gasteiger partial charge in [0, 0.05) is 6.54 Å². The van der Waals surface area contributed by atoms with Crippen molar-refractivity contribution in [1.82, 2.24) is 4.90 Å². The van der Waals surface area contributed by atoms with Gasteiger partial charge in [-0.25, -0.2) is 9.78 Å². The maximum atomic E-state index is 12.0. The molecule has 84 valence electrons. The molecule has 0 radical (unpaired) electrons. The first-order valence-corrected chi connectivity index (χ1v) is 5.38. The summed E-state index contributed by atoms with van der Waals surface area (Å²) in [5, 5.41) is 0. The molecule has 0 N–H and O–H groups in total. The van der Waals surface area contributed by atoms with Crippen molar-refractivity contribution in [3.05, 3.63) is 12.2 Å². The van der Waals surface area contributed by atoms with E-state index >= 15 is 0 Å². The Hall–Kier alpha value is -0.870. The van der Waals surface area contributed by atoms with Gasteiger partial charge in [0.1, 0.15) is 0 Å². The highest BCUT2D eigenvalue weighted by Crippen LogP contribution is 2.31. The van der Waals surface area contributed by atoms with Crippen molar-refractivity contribution in [2.45, 2.75) is 39.0 Å². The van der Waals surface area contributed by atoms with Gasteiger partial charge in [0.2, 0.25) is 0 Å². The number of hydrogen-bond acceptors (Lipinski definition) is 3. The normalized spacial score (nSPS) is 34.3. The molecule has 1 fully saturated rings. The maximum Gasteiger partial charge on any atom is 0.264 e. The van der Waals surface area contributed by atoms with Gasteiger partial charge >= 0.3 is 0 Å². The van der Waals surface area contributed by atoms with E-state index in [0.717, 1.165) is 13.0 Å². The second-order valence-corrected chi connectivity index (χ2v) is 4.72. The summed E-state index contributed by atoms with van der Waals surface area (Å²) in [7, 11) is 0. The average Bonchev–Trinajstić information content (AvgIpc) is 2.19. The summed E-state index contributed by atoms with van der Waals surface area (Å²) in [5.41, 5.74) is -0.911. The second-order valence-electron chi connectivity index (χ2n) is 4.72. The minimum Gasteiger partial charge on any atom is -0.308 e. The number of carbonyl (C=O) groups excluding carboxylic acids is 1. The zero-order chi connectivity index (χ0) is 11.1. The van der Waals surface area contributed by atoms with Gasteiger partial charge in [-0.3, -0.25) is 4.79 Å². The van der Waals surface area contributed by atoms with Crippen LogP contribution in [0.15, 0.2) is 12.2 Å². The van der Waals surface area contributed by atoms with Crippen LogP contribution < -0.4 is 0 Å². The Labute approximate surface area is 89.8 Å². The predicted molar refractivity (Wildman–Crippen MR) is 54.7 cm³/mol. The standard InChI is InChI=1S/C11H17NO3/c1-8(2)5-7-12-9-4-6-11(3,10(12)13)15-14-9/h4,6,8-9H,5,7H2,1-3H3. The van der Waals surface area contributed by atoms with E-state index in [0.29, 0.717) is 5.92 Å². The molecule has 3 heterocycles. The largest absolute Gasteiger partial charge is 0.308 e. The van der Waals surface area contributed by atoms with E-state index in [1.807, 2.05) is 6.08 Å². The van der Waals surface area contributed by atoms with E-state index < -0.39 is 5.60 Å². The summed E-state index contributed by atoms with van der Waals surface area (Å²) in [6.45, 7) is 6.73. The lowest BCUT2D eigenvalue weighted by molar-refractivity contribution is -0.400. The SMILES string of the molecule is CC(C)CCN1C(=O)C2(C)C=CC1OO2. The lowest BCUT2D eigenvalue weighted by Crippen LogP contribution is -2.60. The molecule has 0 aromatic heterocycles. The van der Waals surface area contributed by atoms with E-state index in [4.69, 9.17) is 9.78 Å². The lowest BCUT2D eigenvalue weighted by atomic mass is 9.98. The molecule has 0 aromatic carbocycles. The van der Waals surface area contributed by atoms with Crippen molar-refractivity contribution in [3.8, 4) is 0 Å². The maximum absolute atomic E-state index is 12.0. The molecule has 0 aromatic rings. The molecule has 2 atom stereocenters. The highest BCUT2D eigenvalue weighted by atomic mass is 17.2. The average molecular weight is 211 g/mol. The Kier molecular flexibility index (Phi) is 2.56. The molecule has 0 spiro atoms. The van der Waals surface area contributed by atoms with Crippen LogP contribution in [0.4, 0.5) is 0 Å². The first-order valence-electron chi connectivity index (χ1n) is 5.38. The smallest absolute Gasteiger partial charge is 0.264 e. The van der Waals surface area contributed by atoms with Crippen molar-refractivity contribution < 1.29 is 14.6 Å². The molecule has 4 nitrogen and oxygen atoms in total. The Morgan fingerprint density at radius 2 is 2.33 bits per heavy atom. The third-order valence-electron chi connectivity index (χ3n) is 2.84. The fraction of sp³-hybridized carbons (Fsp3) is 0.727. The minimum absolute atomic E-state index is 0.00176. The molecule has 3 aliphatic heterocycles. The van der Waals surface area contributed by atoms with Gasteiger partial charge in [0.25, 0.3) is 5.91 Å². The number of fused-ring (bicyclic) bond motifs is 2. The van der Waals surface area contributed by atoms with Gasteiger partial charge in [-0.15, -0.1) is 0 Å². The van der Waals surface area contributed by atoms with Gasteiger partial charge < -0.3 is 4.90 Å². The summed E-state index contributed by atoms with van der Waals surface area (Å²) >= 11 is 0. The fourth-order valence-electron chi connectivity index (χ4n) is 1.76. The first-order chi connectivity index (χ1) is 7.03. The molecule has 15 heavy (non-hydrogen) atoms. The molecular weight excluding hydrogens is 194 g/mol. The van der Waals surface area contributed by atoms with Crippen LogP contribution in [-0.4, -0.2) is 29.2 Å². The third kappa shape index (κ3) is 1.79. The summed E-state index contributed by atoms with van der Waals surface area (Å²) in [5.74, 6) is 0.581. The highest BCUT2D eigenvalue weighted by molar-refractivity contribution is 5.88. The van der Waals surface area contributed by atoms with Gasteiger partial charge in [-0.1, -0.05) is 13.8 Å². The number of rotatable bonds is 3. The third-order valence-corrected chi connectivity index (χ3v) is 2.84. The lowest BCUT2D eigenvalue weighted by Gasteiger charge is -2.44. The van der Waals surface area contributed by atoms with Crippen molar-refractivity contribution in [2.24, 2.45) is 5.92 Å². The van der Waals surface area contributed by atoms with Crippen molar-refractivity contribution >= 4 is 5.91 Å². The summed E-state index contributed by atoms with van der Waals surface area (Å²) in [4.78, 5) is 23.9. The van der Waals surface area contributed by atoms with Crippen LogP contribution in [0, 0.1) is 5.92 Å². The quantitative estimate of drug-likeness (QED) is 0.524. The minimum atomic E-state index is -0.911. The zero-order valence-electron chi connectivity index (χ0n) is 9.40. The van der Waals surface area contributed by atoms with Crippen LogP contribution in [0.25, 0.3) is 0 Å². The van der Waals surface area contributed by atoms with E-state index in [1.165, 1.54) is 0 Å². The molecular formula is C11H17NO3. The second kappa shape index (κ2) is 3.61. The molecule has 3 aliphatic rings. The van der Waals surface area contributed by atoms with Crippen LogP contribution in [0.1, 0.15) is 27.2 Å². The monoisotopic (exact) mass is 211 g/mol. The van der Waals surface area contributed by atoms with Crippen LogP contribution in [0.2, 0.25) is 0 Å². The molecule has 0 aliphatic carbocycles. The Bertz CT molecular complexity index is 300. The number of hydrogen-bond donors (Lipinski definition) is 0. The molecule has 3 rings (SSSR count). The molecule has 1 amide bonds. The topological polar surface area (TPSA) is 38.8 Å². The van der Waals surface area contributed by atoms with Gasteiger partial charge in [0.15, 0.2) is 11.8 Å². The number of nitrogens with zero attached hydrogens (tertiary/aromatic N) is 1. The summed E-state index contributed by atoms with van der Waals surface area (Å²) in [6.07, 6.45) is 4.30. The van der Waals surface area contributed by atoms with Gasteiger partial charge in [-0.2, -0.15) is 0 Å². The van der Waals surface area contributed by atoms with Gasteiger partial charge in [0.05, 0.1) is 0 Å². The van der Waals surface area contributed by atoms with Crippen LogP contribution in [-0.2, 0) is 14.6 Å². The molecule has 1 saturated heterocycles. The molecule has 2 bridgehead atoms. The molecule has 2 unspecified atom stereocenters. The fourth-order valence-corrected chi connectivity index (χ4v) is 1.76. The first kappa shape index (κ1) is 10.6. The van der Waals surface area contributed by atoms with Crippen molar-refractivity contribution in [2.75, 3.05) is 6.54 Å². The van der Waals surface area contributed by atoms with E-state index in [2.05, 4.69) is 13.8 Å². The highest BCUT2D eigenvalue weighted by Gasteiger charge is 2.48.